The van der Waals surface area contributed by atoms with Gasteiger partial charge in [-0.25, -0.2) is 28.0 Å². The molecule has 132 heavy (non-hydrogen) atoms. The number of furan rings is 1. The van der Waals surface area contributed by atoms with Crippen LogP contribution in [0.4, 0.5) is 8.78 Å². The minimum absolute atomic E-state index is 0.0394. The zero-order chi connectivity index (χ0) is 102. The van der Waals surface area contributed by atoms with Crippen molar-refractivity contribution in [1.82, 2.24) is 0 Å². The molecule has 7 aliphatic carbocycles. The van der Waals surface area contributed by atoms with E-state index in [1.807, 2.05) is 33.8 Å². The molecule has 10 rings (SSSR count). The highest BCUT2D eigenvalue weighted by atomic mass is 32.1. The van der Waals surface area contributed by atoms with E-state index in [1.54, 1.807) is 71.2 Å². The summed E-state index contributed by atoms with van der Waals surface area (Å²) in [6.07, 6.45) is 38.5. The lowest BCUT2D eigenvalue weighted by Gasteiger charge is -2.25. The summed E-state index contributed by atoms with van der Waals surface area (Å²) in [5.41, 5.74) is 2.58. The van der Waals surface area contributed by atoms with Crippen molar-refractivity contribution in [2.24, 2.45) is 82.9 Å². The van der Waals surface area contributed by atoms with Gasteiger partial charge >= 0.3 is 89.5 Å². The first-order chi connectivity index (χ1) is 61.7. The normalized spacial score (nSPS) is 18.3. The van der Waals surface area contributed by atoms with Gasteiger partial charge in [0.15, 0.2) is 0 Å². The second kappa shape index (κ2) is 78.3. The lowest BCUT2D eigenvalue weighted by Crippen LogP contribution is -2.28. The van der Waals surface area contributed by atoms with E-state index in [9.17, 15) is 80.7 Å². The van der Waals surface area contributed by atoms with Crippen molar-refractivity contribution in [3.05, 3.63) is 94.7 Å². The van der Waals surface area contributed by atoms with Crippen molar-refractivity contribution in [1.29, 1.82) is 0 Å². The number of carboxylic acid groups (broad SMARTS) is 15. The van der Waals surface area contributed by atoms with E-state index in [0.717, 1.165) is 173 Å². The van der Waals surface area contributed by atoms with Gasteiger partial charge in [-0.2, -0.15) is 0 Å². The van der Waals surface area contributed by atoms with Gasteiger partial charge in [-0.1, -0.05) is 184 Å². The van der Waals surface area contributed by atoms with Crippen LogP contribution in [0.25, 0.3) is 0 Å². The first-order valence-corrected chi connectivity index (χ1v) is 46.7. The molecule has 1 aliphatic heterocycles. The van der Waals surface area contributed by atoms with Crippen molar-refractivity contribution in [2.45, 2.75) is 327 Å². The first-order valence-electron chi connectivity index (χ1n) is 45.8. The number of thiophene rings is 1. The predicted octanol–water partition coefficient (Wildman–Crippen LogP) is 22.0. The van der Waals surface area contributed by atoms with E-state index in [-0.39, 0.29) is 96.3 Å². The highest BCUT2D eigenvalue weighted by molar-refractivity contribution is 7.11. The van der Waals surface area contributed by atoms with Crippen LogP contribution in [0.15, 0.2) is 88.6 Å². The number of hydrogen-bond acceptors (Lipinski definition) is 18. The number of rotatable bonds is 26. The van der Waals surface area contributed by atoms with Crippen LogP contribution < -0.4 is 0 Å². The molecule has 0 amide bonds. The van der Waals surface area contributed by atoms with Crippen LogP contribution in [0.3, 0.4) is 0 Å². The molecular formula is C97H156F2O32S. The van der Waals surface area contributed by atoms with Gasteiger partial charge in [-0.3, -0.25) is 52.7 Å². The summed E-state index contributed by atoms with van der Waals surface area (Å²) < 4.78 is 34.4. The summed E-state index contributed by atoms with van der Waals surface area (Å²) in [5, 5.41) is 128. The molecule has 35 heteroatoms. The first kappa shape index (κ1) is 130. The Hall–Kier alpha value is -10.2. The standard InChI is InChI=1S/C8H12O2.2C8H14O2.C7H10F2O2.C7H10O2.C7H14O2.C6H10O3.C6H10O2.C6H8O2.3C6H12O2.C6H10O2.C5H4O3.C5H4O2S/c1-6-2-4-7(5-3-6)8(9)10;1-6-3-2-4-7(5-6)8(9)10;9-8(10)7-5-3-1-2-4-6-7;8-7(9)3-1-5(2-4-7)6(10)11;8-7(9)6-4-2-1-3-5-6;1-3-4-5-6(2)7(8)9;7-6(8)5-1-3-9-4-2-5;1-4(6(7)8)5-2-3-5;7-6(8)5-3-1-2-4-5;1-4(2)5(3)6(7)8;3*1-3-4-5(2)6(7)8;6-5(7)4-1-2-8-3-4;6-5(7)4-2-1-3-8-4/h7H,1-5H2,(H,9,10);6-7H,2-5H2,1H3,(H,9,10);7H,1-6H2,(H,9,10);5H,1-4H2,(H,10,11);4H,1-3,5H2,(H,8,9);6H,3-5H2,1-2H3,(H,8,9);5H,1-4H2,(H,7,8);4-5H,2-3H2,1H3,(H,7,8);3H,1-2,4H2,(H,7,8);4-5H,1-3H3,(H,7,8);2*5H,3-4H2,1-2H3,(H,7,8);3,5H,1,4H2,2H3,(H,7,8);2*1-3H,(H,6,7). The monoisotopic (exact) mass is 1900 g/mol. The van der Waals surface area contributed by atoms with Crippen LogP contribution in [0.2, 0.25) is 0 Å². The average molecular weight is 1900 g/mol. The third-order valence-corrected chi connectivity index (χ3v) is 23.2. The van der Waals surface area contributed by atoms with Crippen molar-refractivity contribution in [3.8, 4) is 0 Å². The zero-order valence-electron chi connectivity index (χ0n) is 79.6. The number of alkyl halides is 2. The van der Waals surface area contributed by atoms with Crippen molar-refractivity contribution < 1.29 is 166 Å². The van der Waals surface area contributed by atoms with Gasteiger partial charge < -0.3 is 85.8 Å². The fraction of sp³-hybridized carbons (Fsp3) is 0.680. The van der Waals surface area contributed by atoms with Crippen LogP contribution in [-0.2, 0) is 67.1 Å². The number of aliphatic carboxylic acids is 13. The zero-order valence-corrected chi connectivity index (χ0v) is 80.4. The Kier molecular flexibility index (Phi) is 77.3. The van der Waals surface area contributed by atoms with Crippen LogP contribution in [0.5, 0.6) is 0 Å². The quantitative estimate of drug-likeness (QED) is 0.0307. The molecule has 3 heterocycles. The van der Waals surface area contributed by atoms with E-state index in [1.165, 1.54) is 54.8 Å². The van der Waals surface area contributed by atoms with Crippen LogP contribution in [0, 0.1) is 82.9 Å². The molecule has 0 aromatic carbocycles. The summed E-state index contributed by atoms with van der Waals surface area (Å²) in [4.78, 5) is 154. The minimum Gasteiger partial charge on any atom is -0.481 e. The Bertz CT molecular complexity index is 3560. The Morgan fingerprint density at radius 2 is 0.879 bits per heavy atom. The fourth-order valence-corrected chi connectivity index (χ4v) is 13.1. The molecule has 8 unspecified atom stereocenters. The molecule has 756 valence electrons. The molecule has 0 bridgehead atoms. The Morgan fingerprint density at radius 1 is 0.455 bits per heavy atom. The smallest absolute Gasteiger partial charge is 0.345 e. The molecule has 8 aliphatic rings. The van der Waals surface area contributed by atoms with Crippen molar-refractivity contribution in [3.63, 3.8) is 0 Å². The third-order valence-electron chi connectivity index (χ3n) is 22.3. The maximum absolute atomic E-state index is 12.4. The third kappa shape index (κ3) is 73.4. The number of ether oxygens (including phenoxy) is 1. The highest BCUT2D eigenvalue weighted by Crippen LogP contribution is 2.38. The number of unbranched alkanes of at least 4 members (excludes halogenated alkanes) is 1. The van der Waals surface area contributed by atoms with E-state index < -0.39 is 101 Å². The van der Waals surface area contributed by atoms with Gasteiger partial charge in [0.1, 0.15) is 11.1 Å². The summed E-state index contributed by atoms with van der Waals surface area (Å²) in [6.45, 7) is 30.8. The van der Waals surface area contributed by atoms with Gasteiger partial charge in [0.25, 0.3) is 0 Å². The Labute approximate surface area is 780 Å². The number of halogens is 2. The van der Waals surface area contributed by atoms with E-state index in [0.29, 0.717) is 60.3 Å². The Morgan fingerprint density at radius 3 is 1.14 bits per heavy atom. The van der Waals surface area contributed by atoms with Crippen molar-refractivity contribution >= 4 is 101 Å². The van der Waals surface area contributed by atoms with Gasteiger partial charge in [-0.15, -0.1) is 17.9 Å². The van der Waals surface area contributed by atoms with Gasteiger partial charge in [0.2, 0.25) is 5.92 Å². The van der Waals surface area contributed by atoms with Crippen LogP contribution >= 0.6 is 11.3 Å². The maximum Gasteiger partial charge on any atom is 0.345 e. The number of carbonyl (C=O) groups is 15. The van der Waals surface area contributed by atoms with Gasteiger partial charge in [0.05, 0.1) is 76.9 Å². The molecule has 0 radical (unpaired) electrons. The Balaban J connectivity index is -0.000000437. The average Bonchev–Trinajstić information content (AvgIpc) is 1.12. The summed E-state index contributed by atoms with van der Waals surface area (Å²) >= 11 is 1.23. The maximum atomic E-state index is 12.4. The molecule has 2 aromatic heterocycles. The highest BCUT2D eigenvalue weighted by Gasteiger charge is 2.38. The summed E-state index contributed by atoms with van der Waals surface area (Å²) in [6, 6.07) is 4.68. The molecule has 6 fully saturated rings. The minimum atomic E-state index is -2.62. The lowest BCUT2D eigenvalue weighted by molar-refractivity contribution is -0.146. The van der Waals surface area contributed by atoms with Crippen molar-refractivity contribution in [2.75, 3.05) is 13.2 Å². The summed E-state index contributed by atoms with van der Waals surface area (Å²) in [7, 11) is 0. The predicted molar refractivity (Wildman–Crippen MR) is 495 cm³/mol. The number of hydrogen-bond donors (Lipinski definition) is 15. The van der Waals surface area contributed by atoms with Crippen LogP contribution in [0.1, 0.15) is 341 Å². The molecular weight excluding hydrogens is 1750 g/mol. The molecule has 0 spiro atoms. The second-order valence-corrected chi connectivity index (χ2v) is 35.2. The summed E-state index contributed by atoms with van der Waals surface area (Å²) in [5.74, 6) is -14.2. The molecule has 1 saturated heterocycles. The molecule has 15 N–H and O–H groups in total. The van der Waals surface area contributed by atoms with Crippen LogP contribution in [-0.4, -0.2) is 185 Å². The van der Waals surface area contributed by atoms with Gasteiger partial charge in [0, 0.05) is 37.2 Å². The van der Waals surface area contributed by atoms with Gasteiger partial charge in [-0.05, 0) is 196 Å². The van der Waals surface area contributed by atoms with E-state index in [4.69, 9.17) is 81.3 Å². The number of aromatic carboxylic acids is 2. The topological polar surface area (TPSA) is 582 Å². The molecule has 32 nitrogen and oxygen atoms in total. The number of carboxylic acids is 15. The molecule has 5 saturated carbocycles. The molecule has 2 aromatic rings. The largest absolute Gasteiger partial charge is 0.481 e. The number of allylic oxidation sites excluding steroid dienone is 4. The SMILES string of the molecule is C=C1CCC(C(=O)O)CC1.C=CCC(C)C(=O)O.CC(C(=O)O)C1CC1.CC(C)C(C)C(=O)O.CC1CCCC(C(=O)O)C1.CCCC(C)C(=O)O.CCCC(C)C(=O)O.CCCCC(C)C(=O)O.O=C(O)C1=CCCC1.O=C(O)C1=CCCCC1.O=C(O)C1CCC(F)(F)CC1.O=C(O)C1CCCCCC1.O=C(O)C1CCOCC1.O=C(O)c1cccs1.O=C(O)c1ccoc1. The second-order valence-electron chi connectivity index (χ2n) is 34.2. The molecule has 8 atom stereocenters. The fourth-order valence-electron chi connectivity index (χ4n) is 12.6. The van der Waals surface area contributed by atoms with E-state index >= 15 is 0 Å². The van der Waals surface area contributed by atoms with E-state index in [2.05, 4.69) is 31.4 Å². The lowest BCUT2D eigenvalue weighted by atomic mass is 9.83.